The average Bonchev–Trinajstić information content (AvgIpc) is 2.41. The van der Waals surface area contributed by atoms with Gasteiger partial charge in [0, 0.05) is 18.8 Å². The van der Waals surface area contributed by atoms with E-state index in [0.29, 0.717) is 32.0 Å². The van der Waals surface area contributed by atoms with Gasteiger partial charge in [-0.15, -0.1) is 0 Å². The zero-order valence-electron chi connectivity index (χ0n) is 10.2. The molecule has 0 aromatic heterocycles. The van der Waals surface area contributed by atoms with Crippen LogP contribution in [0.15, 0.2) is 18.2 Å². The lowest BCUT2D eigenvalue weighted by Gasteiger charge is -2.26. The van der Waals surface area contributed by atoms with Gasteiger partial charge in [-0.3, -0.25) is 4.72 Å². The zero-order valence-corrected chi connectivity index (χ0v) is 11.0. The van der Waals surface area contributed by atoms with Gasteiger partial charge in [-0.05, 0) is 18.2 Å². The lowest BCUT2D eigenvalue weighted by Crippen LogP contribution is -2.43. The van der Waals surface area contributed by atoms with Gasteiger partial charge >= 0.3 is 10.2 Å². The van der Waals surface area contributed by atoms with Gasteiger partial charge in [0.25, 0.3) is 0 Å². The van der Waals surface area contributed by atoms with Crippen molar-refractivity contribution in [1.29, 1.82) is 5.26 Å². The van der Waals surface area contributed by atoms with Crippen LogP contribution < -0.4 is 10.5 Å². The molecule has 1 aliphatic heterocycles. The second kappa shape index (κ2) is 5.44. The Labute approximate surface area is 111 Å². The van der Waals surface area contributed by atoms with Crippen molar-refractivity contribution in [1.82, 2.24) is 4.31 Å². The van der Waals surface area contributed by atoms with Gasteiger partial charge in [0.15, 0.2) is 0 Å². The third-order valence-electron chi connectivity index (χ3n) is 2.71. The van der Waals surface area contributed by atoms with Crippen LogP contribution in [-0.2, 0) is 14.9 Å². The van der Waals surface area contributed by atoms with E-state index in [1.54, 1.807) is 0 Å². The molecule has 1 aliphatic rings. The molecule has 1 saturated heterocycles. The molecule has 1 aromatic rings. The van der Waals surface area contributed by atoms with Gasteiger partial charge in [-0.1, -0.05) is 0 Å². The van der Waals surface area contributed by atoms with Crippen LogP contribution in [0.1, 0.15) is 5.56 Å². The van der Waals surface area contributed by atoms with Crippen LogP contribution in [0.25, 0.3) is 0 Å². The minimum atomic E-state index is -3.67. The number of nitrogens with one attached hydrogen (secondary N) is 1. The van der Waals surface area contributed by atoms with Crippen LogP contribution in [0.2, 0.25) is 0 Å². The molecule has 1 fully saturated rings. The fraction of sp³-hybridized carbons (Fsp3) is 0.364. The maximum atomic E-state index is 12.1. The number of hydrogen-bond acceptors (Lipinski definition) is 5. The fourth-order valence-electron chi connectivity index (χ4n) is 1.73. The number of nitrogen functional groups attached to an aromatic ring is 1. The number of benzene rings is 1. The van der Waals surface area contributed by atoms with E-state index in [0.717, 1.165) is 0 Å². The molecule has 8 heteroatoms. The lowest BCUT2D eigenvalue weighted by atomic mass is 10.2. The minimum Gasteiger partial charge on any atom is -0.399 e. The fourth-order valence-corrected chi connectivity index (χ4v) is 2.95. The first-order valence-electron chi connectivity index (χ1n) is 5.68. The highest BCUT2D eigenvalue weighted by Crippen LogP contribution is 2.20. The quantitative estimate of drug-likeness (QED) is 0.766. The maximum absolute atomic E-state index is 12.1. The van der Waals surface area contributed by atoms with Gasteiger partial charge in [-0.2, -0.15) is 18.0 Å². The number of hydrogen-bond donors (Lipinski definition) is 2. The second-order valence-electron chi connectivity index (χ2n) is 4.04. The molecule has 19 heavy (non-hydrogen) atoms. The lowest BCUT2D eigenvalue weighted by molar-refractivity contribution is 0.0733. The topological polar surface area (TPSA) is 108 Å². The van der Waals surface area contributed by atoms with Gasteiger partial charge in [0.2, 0.25) is 0 Å². The summed E-state index contributed by atoms with van der Waals surface area (Å²) in [5.41, 5.74) is 6.38. The van der Waals surface area contributed by atoms with Crippen molar-refractivity contribution in [2.75, 3.05) is 36.8 Å². The number of nitrogens with two attached hydrogens (primary N) is 1. The SMILES string of the molecule is N#Cc1cc(N)ccc1NS(=O)(=O)N1CCOCC1. The first kappa shape index (κ1) is 13.6. The van der Waals surface area contributed by atoms with Crippen LogP contribution in [0, 0.1) is 11.3 Å². The zero-order chi connectivity index (χ0) is 13.9. The Morgan fingerprint density at radius 3 is 2.68 bits per heavy atom. The van der Waals surface area contributed by atoms with Crippen molar-refractivity contribution in [3.05, 3.63) is 23.8 Å². The number of anilines is 2. The third kappa shape index (κ3) is 3.14. The number of nitriles is 1. The van der Waals surface area contributed by atoms with Crippen molar-refractivity contribution in [2.24, 2.45) is 0 Å². The summed E-state index contributed by atoms with van der Waals surface area (Å²) in [4.78, 5) is 0. The summed E-state index contributed by atoms with van der Waals surface area (Å²) < 4.78 is 33.0. The summed E-state index contributed by atoms with van der Waals surface area (Å²) in [5, 5.41) is 8.98. The first-order chi connectivity index (χ1) is 9.03. The molecule has 0 unspecified atom stereocenters. The normalized spacial score (nSPS) is 16.8. The van der Waals surface area contributed by atoms with E-state index in [1.807, 2.05) is 6.07 Å². The van der Waals surface area contributed by atoms with Gasteiger partial charge in [-0.25, -0.2) is 0 Å². The second-order valence-corrected chi connectivity index (χ2v) is 5.71. The standard InChI is InChI=1S/C11H14N4O3S/c12-8-9-7-10(13)1-2-11(9)14-19(16,17)15-3-5-18-6-4-15/h1-2,7,14H,3-6,13H2. The molecule has 0 radical (unpaired) electrons. The molecular weight excluding hydrogens is 268 g/mol. The van der Waals surface area contributed by atoms with E-state index in [2.05, 4.69) is 4.72 Å². The molecule has 0 amide bonds. The van der Waals surface area contributed by atoms with E-state index in [1.165, 1.54) is 22.5 Å². The van der Waals surface area contributed by atoms with Crippen molar-refractivity contribution in [3.63, 3.8) is 0 Å². The van der Waals surface area contributed by atoms with Crippen LogP contribution in [0.5, 0.6) is 0 Å². The summed E-state index contributed by atoms with van der Waals surface area (Å²) in [6.45, 7) is 1.33. The van der Waals surface area contributed by atoms with E-state index >= 15 is 0 Å². The Hall–Kier alpha value is -1.82. The van der Waals surface area contributed by atoms with Crippen LogP contribution >= 0.6 is 0 Å². The van der Waals surface area contributed by atoms with Crippen LogP contribution in [-0.4, -0.2) is 39.0 Å². The molecule has 102 valence electrons. The predicted octanol–water partition coefficient (Wildman–Crippen LogP) is 0.129. The molecule has 0 aliphatic carbocycles. The number of nitrogens with zero attached hydrogens (tertiary/aromatic N) is 2. The Bertz CT molecular complexity index is 603. The van der Waals surface area contributed by atoms with E-state index in [9.17, 15) is 8.42 Å². The van der Waals surface area contributed by atoms with Crippen molar-refractivity contribution in [3.8, 4) is 6.07 Å². The first-order valence-corrected chi connectivity index (χ1v) is 7.12. The molecule has 0 bridgehead atoms. The smallest absolute Gasteiger partial charge is 0.301 e. The van der Waals surface area contributed by atoms with Crippen LogP contribution in [0.3, 0.4) is 0 Å². The highest BCUT2D eigenvalue weighted by atomic mass is 32.2. The van der Waals surface area contributed by atoms with Gasteiger partial charge < -0.3 is 10.5 Å². The molecule has 3 N–H and O–H groups in total. The number of ether oxygens (including phenoxy) is 1. The molecule has 7 nitrogen and oxygen atoms in total. The number of rotatable bonds is 3. The average molecular weight is 282 g/mol. The highest BCUT2D eigenvalue weighted by molar-refractivity contribution is 7.90. The molecule has 0 atom stereocenters. The molecular formula is C11H14N4O3S. The molecule has 1 heterocycles. The summed E-state index contributed by atoms with van der Waals surface area (Å²) in [7, 11) is -3.67. The Morgan fingerprint density at radius 2 is 2.05 bits per heavy atom. The monoisotopic (exact) mass is 282 g/mol. The number of morpholine rings is 1. The summed E-state index contributed by atoms with van der Waals surface area (Å²) in [6.07, 6.45) is 0. The van der Waals surface area contributed by atoms with Crippen molar-refractivity contribution >= 4 is 21.6 Å². The van der Waals surface area contributed by atoms with Crippen LogP contribution in [0.4, 0.5) is 11.4 Å². The largest absolute Gasteiger partial charge is 0.399 e. The minimum absolute atomic E-state index is 0.192. The van der Waals surface area contributed by atoms with Crippen molar-refractivity contribution < 1.29 is 13.2 Å². The molecule has 2 rings (SSSR count). The van der Waals surface area contributed by atoms with E-state index in [4.69, 9.17) is 15.7 Å². The molecule has 1 aromatic carbocycles. The van der Waals surface area contributed by atoms with Crippen molar-refractivity contribution in [2.45, 2.75) is 0 Å². The van der Waals surface area contributed by atoms with Gasteiger partial charge in [0.1, 0.15) is 6.07 Å². The van der Waals surface area contributed by atoms with Gasteiger partial charge in [0.05, 0.1) is 24.5 Å². The Morgan fingerprint density at radius 1 is 1.37 bits per heavy atom. The maximum Gasteiger partial charge on any atom is 0.301 e. The summed E-state index contributed by atoms with van der Waals surface area (Å²) in [5.74, 6) is 0. The van der Waals surface area contributed by atoms with E-state index < -0.39 is 10.2 Å². The highest BCUT2D eigenvalue weighted by Gasteiger charge is 2.24. The molecule has 0 saturated carbocycles. The predicted molar refractivity (Wildman–Crippen MR) is 70.5 cm³/mol. The Balaban J connectivity index is 2.23. The third-order valence-corrected chi connectivity index (χ3v) is 4.24. The van der Waals surface area contributed by atoms with E-state index in [-0.39, 0.29) is 11.3 Å². The summed E-state index contributed by atoms with van der Waals surface area (Å²) in [6, 6.07) is 6.36. The molecule has 0 spiro atoms. The summed E-state index contributed by atoms with van der Waals surface area (Å²) >= 11 is 0. The Kier molecular flexibility index (Phi) is 3.90.